The lowest BCUT2D eigenvalue weighted by molar-refractivity contribution is 0.714. The molecule has 4 nitrogen and oxygen atoms in total. The molecular formula is C12H16N4. The topological polar surface area (TPSA) is 56.7 Å². The third kappa shape index (κ3) is 2.46. The number of pyridine rings is 1. The number of nitrogens with zero attached hydrogens (tertiary/aromatic N) is 3. The van der Waals surface area contributed by atoms with Crippen LogP contribution in [-0.2, 0) is 13.5 Å². The van der Waals surface area contributed by atoms with E-state index in [-0.39, 0.29) is 6.04 Å². The first-order valence-electron chi connectivity index (χ1n) is 5.31. The van der Waals surface area contributed by atoms with Crippen LogP contribution in [0.15, 0.2) is 30.7 Å². The lowest BCUT2D eigenvalue weighted by Gasteiger charge is -2.10. The van der Waals surface area contributed by atoms with Gasteiger partial charge in [-0.2, -0.15) is 5.10 Å². The highest BCUT2D eigenvalue weighted by atomic mass is 15.2. The molecule has 84 valence electrons. The zero-order valence-corrected chi connectivity index (χ0v) is 9.59. The van der Waals surface area contributed by atoms with Crippen LogP contribution >= 0.6 is 0 Å². The van der Waals surface area contributed by atoms with E-state index >= 15 is 0 Å². The van der Waals surface area contributed by atoms with E-state index in [1.807, 2.05) is 44.7 Å². The fraction of sp³-hybridized carbons (Fsp3) is 0.333. The second kappa shape index (κ2) is 4.45. The smallest absolute Gasteiger partial charge is 0.0522 e. The van der Waals surface area contributed by atoms with Crippen LogP contribution in [0.25, 0.3) is 0 Å². The van der Waals surface area contributed by atoms with Crippen LogP contribution in [0.4, 0.5) is 0 Å². The van der Waals surface area contributed by atoms with Gasteiger partial charge in [-0.3, -0.25) is 9.67 Å². The van der Waals surface area contributed by atoms with Crippen molar-refractivity contribution in [2.24, 2.45) is 12.8 Å². The molecule has 0 aromatic carbocycles. The van der Waals surface area contributed by atoms with Gasteiger partial charge in [-0.15, -0.1) is 0 Å². The zero-order chi connectivity index (χ0) is 11.5. The Hall–Kier alpha value is -1.68. The minimum Gasteiger partial charge on any atom is -0.324 e. The highest BCUT2D eigenvalue weighted by molar-refractivity contribution is 5.19. The Bertz CT molecular complexity index is 458. The zero-order valence-electron chi connectivity index (χ0n) is 9.59. The summed E-state index contributed by atoms with van der Waals surface area (Å²) in [5.74, 6) is 0. The molecule has 0 radical (unpaired) electrons. The van der Waals surface area contributed by atoms with E-state index in [2.05, 4.69) is 10.1 Å². The molecule has 4 heteroatoms. The van der Waals surface area contributed by atoms with Gasteiger partial charge in [0.15, 0.2) is 0 Å². The van der Waals surface area contributed by atoms with Crippen molar-refractivity contribution in [3.63, 3.8) is 0 Å². The van der Waals surface area contributed by atoms with Crippen LogP contribution in [0.3, 0.4) is 0 Å². The molecule has 0 aliphatic heterocycles. The molecule has 0 saturated carbocycles. The molecule has 0 amide bonds. The van der Waals surface area contributed by atoms with Crippen molar-refractivity contribution in [1.82, 2.24) is 14.8 Å². The molecule has 0 spiro atoms. The van der Waals surface area contributed by atoms with E-state index in [4.69, 9.17) is 5.73 Å². The van der Waals surface area contributed by atoms with Gasteiger partial charge in [0.05, 0.1) is 6.20 Å². The standard InChI is InChI=1S/C12H16N4/c1-9-3-4-11(7-14-9)12(13)5-10-6-15-16(2)8-10/h3-4,6-8,12H,5,13H2,1-2H3. The number of hydrogen-bond donors (Lipinski definition) is 1. The third-order valence-electron chi connectivity index (χ3n) is 2.58. The van der Waals surface area contributed by atoms with Crippen molar-refractivity contribution in [2.75, 3.05) is 0 Å². The summed E-state index contributed by atoms with van der Waals surface area (Å²) >= 11 is 0. The number of rotatable bonds is 3. The molecule has 2 heterocycles. The molecule has 0 aliphatic carbocycles. The molecule has 1 unspecified atom stereocenters. The SMILES string of the molecule is Cc1ccc(C(N)Cc2cnn(C)c2)cn1. The Balaban J connectivity index is 2.08. The van der Waals surface area contributed by atoms with E-state index < -0.39 is 0 Å². The van der Waals surface area contributed by atoms with Crippen molar-refractivity contribution in [1.29, 1.82) is 0 Å². The maximum Gasteiger partial charge on any atom is 0.0522 e. The van der Waals surface area contributed by atoms with Gasteiger partial charge in [0.2, 0.25) is 0 Å². The van der Waals surface area contributed by atoms with Gasteiger partial charge in [0.1, 0.15) is 0 Å². The van der Waals surface area contributed by atoms with Crippen LogP contribution in [0.5, 0.6) is 0 Å². The maximum atomic E-state index is 6.11. The highest BCUT2D eigenvalue weighted by Crippen LogP contribution is 2.14. The van der Waals surface area contributed by atoms with Crippen molar-refractivity contribution in [2.45, 2.75) is 19.4 Å². The lowest BCUT2D eigenvalue weighted by Crippen LogP contribution is -2.13. The minimum absolute atomic E-state index is 0.0164. The Morgan fingerprint density at radius 1 is 1.38 bits per heavy atom. The van der Waals surface area contributed by atoms with Gasteiger partial charge in [0, 0.05) is 31.2 Å². The van der Waals surface area contributed by atoms with Gasteiger partial charge >= 0.3 is 0 Å². The lowest BCUT2D eigenvalue weighted by atomic mass is 10.0. The molecule has 0 bridgehead atoms. The second-order valence-corrected chi connectivity index (χ2v) is 4.07. The predicted molar refractivity (Wildman–Crippen MR) is 62.8 cm³/mol. The molecule has 2 aromatic rings. The van der Waals surface area contributed by atoms with Gasteiger partial charge < -0.3 is 5.73 Å². The Morgan fingerprint density at radius 2 is 2.19 bits per heavy atom. The first kappa shape index (κ1) is 10.8. The van der Waals surface area contributed by atoms with Crippen LogP contribution < -0.4 is 5.73 Å². The van der Waals surface area contributed by atoms with E-state index in [9.17, 15) is 0 Å². The first-order chi connectivity index (χ1) is 7.65. The maximum absolute atomic E-state index is 6.11. The number of aryl methyl sites for hydroxylation is 2. The summed E-state index contributed by atoms with van der Waals surface area (Å²) in [6.45, 7) is 1.97. The molecule has 1 atom stereocenters. The number of hydrogen-bond acceptors (Lipinski definition) is 3. The summed E-state index contributed by atoms with van der Waals surface area (Å²) in [7, 11) is 1.91. The Kier molecular flexibility index (Phi) is 3.01. The van der Waals surface area contributed by atoms with Crippen LogP contribution in [0, 0.1) is 6.92 Å². The first-order valence-corrected chi connectivity index (χ1v) is 5.31. The third-order valence-corrected chi connectivity index (χ3v) is 2.58. The monoisotopic (exact) mass is 216 g/mol. The number of nitrogens with two attached hydrogens (primary N) is 1. The Morgan fingerprint density at radius 3 is 2.75 bits per heavy atom. The average molecular weight is 216 g/mol. The van der Waals surface area contributed by atoms with Crippen molar-refractivity contribution >= 4 is 0 Å². The quantitative estimate of drug-likeness (QED) is 0.843. The second-order valence-electron chi connectivity index (χ2n) is 4.07. The summed E-state index contributed by atoms with van der Waals surface area (Å²) < 4.78 is 1.79. The molecule has 0 fully saturated rings. The normalized spacial score (nSPS) is 12.7. The fourth-order valence-electron chi connectivity index (χ4n) is 1.65. The van der Waals surface area contributed by atoms with Crippen LogP contribution in [0.1, 0.15) is 22.9 Å². The van der Waals surface area contributed by atoms with E-state index in [0.717, 1.165) is 23.2 Å². The predicted octanol–water partition coefficient (Wildman–Crippen LogP) is 1.37. The average Bonchev–Trinajstić information content (AvgIpc) is 2.65. The molecule has 2 aromatic heterocycles. The highest BCUT2D eigenvalue weighted by Gasteiger charge is 2.08. The van der Waals surface area contributed by atoms with Crippen LogP contribution in [0.2, 0.25) is 0 Å². The van der Waals surface area contributed by atoms with E-state index in [1.54, 1.807) is 4.68 Å². The summed E-state index contributed by atoms with van der Waals surface area (Å²) in [6.07, 6.45) is 6.47. The molecule has 0 saturated heterocycles. The molecular weight excluding hydrogens is 200 g/mol. The minimum atomic E-state index is -0.0164. The van der Waals surface area contributed by atoms with Gasteiger partial charge in [-0.25, -0.2) is 0 Å². The van der Waals surface area contributed by atoms with Gasteiger partial charge in [-0.05, 0) is 30.5 Å². The molecule has 2 rings (SSSR count). The fourth-order valence-corrected chi connectivity index (χ4v) is 1.65. The van der Waals surface area contributed by atoms with E-state index in [1.165, 1.54) is 0 Å². The van der Waals surface area contributed by atoms with Crippen LogP contribution in [-0.4, -0.2) is 14.8 Å². The summed E-state index contributed by atoms with van der Waals surface area (Å²) in [5, 5.41) is 4.12. The summed E-state index contributed by atoms with van der Waals surface area (Å²) in [6, 6.07) is 4.00. The van der Waals surface area contributed by atoms with E-state index in [0.29, 0.717) is 0 Å². The summed E-state index contributed by atoms with van der Waals surface area (Å²) in [4.78, 5) is 4.25. The molecule has 2 N–H and O–H groups in total. The summed E-state index contributed by atoms with van der Waals surface area (Å²) in [5.41, 5.74) is 9.33. The molecule has 0 aliphatic rings. The van der Waals surface area contributed by atoms with Gasteiger partial charge in [0.25, 0.3) is 0 Å². The Labute approximate surface area is 95.1 Å². The number of aromatic nitrogens is 3. The molecule has 16 heavy (non-hydrogen) atoms. The largest absolute Gasteiger partial charge is 0.324 e. The van der Waals surface area contributed by atoms with Crippen molar-refractivity contribution < 1.29 is 0 Å². The van der Waals surface area contributed by atoms with Crippen molar-refractivity contribution in [3.05, 3.63) is 47.5 Å². The van der Waals surface area contributed by atoms with Gasteiger partial charge in [-0.1, -0.05) is 6.07 Å². The van der Waals surface area contributed by atoms with Crippen molar-refractivity contribution in [3.8, 4) is 0 Å².